The van der Waals surface area contributed by atoms with E-state index in [1.165, 1.54) is 12.8 Å². The van der Waals surface area contributed by atoms with E-state index in [9.17, 15) is 9.90 Å². The summed E-state index contributed by atoms with van der Waals surface area (Å²) in [5, 5.41) is 18.1. The highest BCUT2D eigenvalue weighted by atomic mass is 16.5. The van der Waals surface area contributed by atoms with Gasteiger partial charge in [0.2, 0.25) is 5.91 Å². The first-order chi connectivity index (χ1) is 14.1. The second kappa shape index (κ2) is 9.10. The van der Waals surface area contributed by atoms with Crippen molar-refractivity contribution in [2.75, 3.05) is 39.4 Å². The quantitative estimate of drug-likeness (QED) is 0.667. The highest BCUT2D eigenvalue weighted by molar-refractivity contribution is 5.77. The molecule has 4 rings (SSSR count). The Hall–Kier alpha value is -1.51. The van der Waals surface area contributed by atoms with Gasteiger partial charge >= 0.3 is 0 Å². The van der Waals surface area contributed by atoms with E-state index in [1.54, 1.807) is 0 Å². The zero-order valence-corrected chi connectivity index (χ0v) is 17.7. The minimum Gasteiger partial charge on any atom is -0.387 e. The molecule has 1 N–H and O–H groups in total. The Morgan fingerprint density at radius 1 is 1.24 bits per heavy atom. The van der Waals surface area contributed by atoms with Crippen molar-refractivity contribution in [3.63, 3.8) is 0 Å². The zero-order valence-electron chi connectivity index (χ0n) is 17.7. The average Bonchev–Trinajstić information content (AvgIpc) is 3.30. The van der Waals surface area contributed by atoms with Crippen LogP contribution in [-0.2, 0) is 16.1 Å². The zero-order chi connectivity index (χ0) is 20.4. The van der Waals surface area contributed by atoms with E-state index in [0.29, 0.717) is 11.8 Å². The van der Waals surface area contributed by atoms with Crippen molar-refractivity contribution in [2.45, 2.75) is 58.2 Å². The molecule has 1 saturated heterocycles. The van der Waals surface area contributed by atoms with Crippen LogP contribution in [0.4, 0.5) is 0 Å². The molecule has 1 aromatic heterocycles. The number of hydrogen-bond acceptors (Lipinski definition) is 6. The van der Waals surface area contributed by atoms with E-state index < -0.39 is 6.61 Å². The number of aliphatic hydroxyl groups is 1. The van der Waals surface area contributed by atoms with Gasteiger partial charge in [0, 0.05) is 26.2 Å². The Kier molecular flexibility index (Phi) is 6.51. The first-order valence-electron chi connectivity index (χ1n) is 11.2. The van der Waals surface area contributed by atoms with Crippen LogP contribution in [0.25, 0.3) is 0 Å². The summed E-state index contributed by atoms with van der Waals surface area (Å²) in [4.78, 5) is 16.1. The van der Waals surface area contributed by atoms with E-state index in [0.717, 1.165) is 63.8 Å². The summed E-state index contributed by atoms with van der Waals surface area (Å²) >= 11 is 0. The molecule has 0 bridgehead atoms. The van der Waals surface area contributed by atoms with Crippen molar-refractivity contribution in [3.8, 4) is 0 Å². The van der Waals surface area contributed by atoms with Crippen LogP contribution in [0.15, 0.2) is 6.20 Å². The monoisotopic (exact) mass is 405 g/mol. The molecule has 0 unspecified atom stereocenters. The molecule has 1 amide bonds. The van der Waals surface area contributed by atoms with Crippen LogP contribution in [0, 0.1) is 17.8 Å². The molecule has 1 aromatic rings. The van der Waals surface area contributed by atoms with Gasteiger partial charge in [0.25, 0.3) is 0 Å². The molecule has 0 spiro atoms. The van der Waals surface area contributed by atoms with Gasteiger partial charge in [-0.3, -0.25) is 9.69 Å². The van der Waals surface area contributed by atoms with Crippen LogP contribution in [-0.4, -0.2) is 81.3 Å². The third-order valence-corrected chi connectivity index (χ3v) is 6.99. The number of nitrogens with zero attached hydrogens (tertiary/aromatic N) is 5. The number of amides is 1. The Bertz CT molecular complexity index is 688. The average molecular weight is 406 g/mol. The third-order valence-electron chi connectivity index (χ3n) is 6.99. The standard InChI is InChI=1S/C21H35N5O3/c1-3-24(4-2)11-18-12-26(23-22-18)19-7-16-9-25(21(28)13-27)10-17(16)8-20(19)29-14-15-5-6-15/h12,15-17,19-20,27H,3-11,13-14H2,1-2H3/t16-,17+,19-,20-/m1/s1. The Morgan fingerprint density at radius 2 is 1.97 bits per heavy atom. The molecule has 3 fully saturated rings. The van der Waals surface area contributed by atoms with E-state index in [-0.39, 0.29) is 18.1 Å². The molecule has 1 aliphatic heterocycles. The highest BCUT2D eigenvalue weighted by Crippen LogP contribution is 2.43. The van der Waals surface area contributed by atoms with Crippen LogP contribution in [0.5, 0.6) is 0 Å². The Balaban J connectivity index is 1.47. The summed E-state index contributed by atoms with van der Waals surface area (Å²) in [6.45, 7) is 9.05. The van der Waals surface area contributed by atoms with Crippen LogP contribution in [0.2, 0.25) is 0 Å². The first kappa shape index (κ1) is 20.8. The molecular formula is C21H35N5O3. The summed E-state index contributed by atoms with van der Waals surface area (Å²) in [5.41, 5.74) is 1.00. The van der Waals surface area contributed by atoms with Crippen molar-refractivity contribution in [1.82, 2.24) is 24.8 Å². The second-order valence-electron chi connectivity index (χ2n) is 8.98. The summed E-state index contributed by atoms with van der Waals surface area (Å²) in [7, 11) is 0. The van der Waals surface area contributed by atoms with Crippen LogP contribution in [0.1, 0.15) is 51.3 Å². The van der Waals surface area contributed by atoms with Crippen molar-refractivity contribution in [3.05, 3.63) is 11.9 Å². The minimum atomic E-state index is -0.401. The number of aliphatic hydroxyl groups excluding tert-OH is 1. The molecule has 8 heteroatoms. The van der Waals surface area contributed by atoms with Gasteiger partial charge in [-0.1, -0.05) is 19.1 Å². The predicted octanol–water partition coefficient (Wildman–Crippen LogP) is 1.32. The van der Waals surface area contributed by atoms with Gasteiger partial charge in [0.05, 0.1) is 24.0 Å². The number of ether oxygens (including phenoxy) is 1. The minimum absolute atomic E-state index is 0.115. The van der Waals surface area contributed by atoms with Gasteiger partial charge in [-0.05, 0) is 56.5 Å². The Morgan fingerprint density at radius 3 is 2.62 bits per heavy atom. The molecule has 8 nitrogen and oxygen atoms in total. The first-order valence-corrected chi connectivity index (χ1v) is 11.2. The van der Waals surface area contributed by atoms with E-state index in [4.69, 9.17) is 4.74 Å². The molecule has 3 aliphatic rings. The molecule has 29 heavy (non-hydrogen) atoms. The molecule has 2 saturated carbocycles. The van der Waals surface area contributed by atoms with Gasteiger partial charge in [-0.25, -0.2) is 4.68 Å². The van der Waals surface area contributed by atoms with Crippen LogP contribution < -0.4 is 0 Å². The maximum Gasteiger partial charge on any atom is 0.248 e. The van der Waals surface area contributed by atoms with Crippen molar-refractivity contribution in [1.29, 1.82) is 0 Å². The molecular weight excluding hydrogens is 370 g/mol. The van der Waals surface area contributed by atoms with Gasteiger partial charge in [0.1, 0.15) is 6.61 Å². The summed E-state index contributed by atoms with van der Waals surface area (Å²) < 4.78 is 8.40. The molecule has 162 valence electrons. The largest absolute Gasteiger partial charge is 0.387 e. The second-order valence-corrected chi connectivity index (χ2v) is 8.98. The number of rotatable bonds is 9. The lowest BCUT2D eigenvalue weighted by molar-refractivity contribution is -0.133. The number of likely N-dealkylation sites (tertiary alicyclic amines) is 1. The smallest absolute Gasteiger partial charge is 0.248 e. The van der Waals surface area contributed by atoms with Crippen LogP contribution in [0.3, 0.4) is 0 Å². The highest BCUT2D eigenvalue weighted by Gasteiger charge is 2.45. The van der Waals surface area contributed by atoms with E-state index >= 15 is 0 Å². The number of aromatic nitrogens is 3. The van der Waals surface area contributed by atoms with Crippen molar-refractivity contribution < 1.29 is 14.6 Å². The van der Waals surface area contributed by atoms with Crippen molar-refractivity contribution in [2.24, 2.45) is 17.8 Å². The lowest BCUT2D eigenvalue weighted by atomic mass is 9.77. The topological polar surface area (TPSA) is 83.7 Å². The lowest BCUT2D eigenvalue weighted by Gasteiger charge is -2.37. The third kappa shape index (κ3) is 4.81. The van der Waals surface area contributed by atoms with Crippen molar-refractivity contribution >= 4 is 5.91 Å². The molecule has 2 aliphatic carbocycles. The molecule has 0 radical (unpaired) electrons. The Labute approximate surface area is 173 Å². The predicted molar refractivity (Wildman–Crippen MR) is 108 cm³/mol. The normalized spacial score (nSPS) is 29.4. The number of hydrogen-bond donors (Lipinski definition) is 1. The van der Waals surface area contributed by atoms with E-state index in [1.807, 2.05) is 9.58 Å². The number of carbonyl (C=O) groups excluding carboxylic acids is 1. The fourth-order valence-electron chi connectivity index (χ4n) is 4.92. The number of carbonyl (C=O) groups is 1. The lowest BCUT2D eigenvalue weighted by Crippen LogP contribution is -2.38. The summed E-state index contributed by atoms with van der Waals surface area (Å²) in [6.07, 6.45) is 6.65. The fourth-order valence-corrected chi connectivity index (χ4v) is 4.92. The maximum absolute atomic E-state index is 12.0. The van der Waals surface area contributed by atoms with Gasteiger partial charge in [-0.15, -0.1) is 5.10 Å². The number of fused-ring (bicyclic) bond motifs is 1. The summed E-state index contributed by atoms with van der Waals surface area (Å²) in [6, 6.07) is 0.164. The maximum atomic E-state index is 12.0. The molecule has 2 heterocycles. The van der Waals surface area contributed by atoms with Crippen LogP contribution >= 0.6 is 0 Å². The fraction of sp³-hybridized carbons (Fsp3) is 0.857. The van der Waals surface area contributed by atoms with Gasteiger partial charge < -0.3 is 14.7 Å². The van der Waals surface area contributed by atoms with E-state index in [2.05, 4.69) is 35.3 Å². The van der Waals surface area contributed by atoms with Gasteiger partial charge in [0.15, 0.2) is 0 Å². The van der Waals surface area contributed by atoms with Gasteiger partial charge in [-0.2, -0.15) is 0 Å². The molecule has 4 atom stereocenters. The molecule has 0 aromatic carbocycles. The SMILES string of the molecule is CCN(CC)Cc1cn([C@@H]2C[C@@H]3CN(C(=O)CO)C[C@@H]3C[C@H]2OCC2CC2)nn1. The summed E-state index contributed by atoms with van der Waals surface area (Å²) in [5.74, 6) is 1.45.